The molecule has 2 aliphatic heterocycles. The van der Waals surface area contributed by atoms with Crippen LogP contribution in [0.25, 0.3) is 0 Å². The minimum absolute atomic E-state index is 0.0437. The maximum Gasteiger partial charge on any atom is 0.328 e. The molecule has 2 saturated heterocycles. The molecule has 2 bridgehead atoms. The molecule has 1 aromatic heterocycles. The first-order chi connectivity index (χ1) is 8.01. The first-order valence-electron chi connectivity index (χ1n) is 5.52. The highest BCUT2D eigenvalue weighted by Crippen LogP contribution is 2.49. The summed E-state index contributed by atoms with van der Waals surface area (Å²) in [4.78, 5) is 10.3. The number of rotatable bonds is 3. The minimum Gasteiger partial charge on any atom is -0.373 e. The van der Waals surface area contributed by atoms with Gasteiger partial charge in [0, 0.05) is 0 Å². The Morgan fingerprint density at radius 1 is 1.71 bits per heavy atom. The number of nitro groups is 1. The van der Waals surface area contributed by atoms with E-state index in [1.165, 1.54) is 0 Å². The molecule has 4 rings (SSSR count). The van der Waals surface area contributed by atoms with Gasteiger partial charge in [0.25, 0.3) is 0 Å². The summed E-state index contributed by atoms with van der Waals surface area (Å²) >= 11 is 5.77. The van der Waals surface area contributed by atoms with E-state index in [0.29, 0.717) is 18.2 Å². The molecule has 0 aromatic carbocycles. The van der Waals surface area contributed by atoms with Gasteiger partial charge in [-0.2, -0.15) is 5.10 Å². The Bertz CT molecular complexity index is 488. The normalized spacial score (nSPS) is 30.4. The third-order valence-corrected chi connectivity index (χ3v) is 3.96. The molecule has 0 unspecified atom stereocenters. The van der Waals surface area contributed by atoms with Crippen LogP contribution in [0.1, 0.15) is 18.5 Å². The van der Waals surface area contributed by atoms with Crippen molar-refractivity contribution in [1.82, 2.24) is 9.78 Å². The largest absolute Gasteiger partial charge is 0.373 e. The van der Waals surface area contributed by atoms with Crippen molar-refractivity contribution in [1.29, 1.82) is 0 Å². The number of hydrogen-bond donors (Lipinski definition) is 0. The molecule has 7 heteroatoms. The van der Waals surface area contributed by atoms with Gasteiger partial charge in [-0.15, -0.1) is 0 Å². The Labute approximate surface area is 103 Å². The molecule has 0 radical (unpaired) electrons. The fourth-order valence-corrected chi connectivity index (χ4v) is 3.13. The zero-order valence-corrected chi connectivity index (χ0v) is 10.1. The molecular formula is C10H12ClN3O3. The van der Waals surface area contributed by atoms with Crippen LogP contribution in [0.4, 0.5) is 5.69 Å². The Kier molecular flexibility index (Phi) is 2.21. The van der Waals surface area contributed by atoms with Crippen LogP contribution in [0.2, 0.25) is 5.15 Å². The van der Waals surface area contributed by atoms with E-state index in [4.69, 9.17) is 16.3 Å². The third kappa shape index (κ3) is 1.55. The highest BCUT2D eigenvalue weighted by Gasteiger charge is 2.52. The lowest BCUT2D eigenvalue weighted by Gasteiger charge is -2.35. The van der Waals surface area contributed by atoms with Gasteiger partial charge < -0.3 is 4.74 Å². The standard InChI is InChI=1S/C10H12ClN3O3/c1-6-8(14(15)16)9(11)12-13(6)5-10-2-7(3-10)4-17-10/h7H,2-5H2,1H3. The first kappa shape index (κ1) is 11.0. The molecule has 1 aliphatic carbocycles. The second-order valence-corrected chi connectivity index (χ2v) is 5.27. The van der Waals surface area contributed by atoms with Crippen LogP contribution in [0.15, 0.2) is 0 Å². The fraction of sp³-hybridized carbons (Fsp3) is 0.700. The Balaban J connectivity index is 1.89. The third-order valence-electron chi connectivity index (χ3n) is 3.70. The fourth-order valence-electron chi connectivity index (χ4n) is 2.83. The summed E-state index contributed by atoms with van der Waals surface area (Å²) in [7, 11) is 0. The molecule has 3 aliphatic rings. The van der Waals surface area contributed by atoms with Crippen LogP contribution in [-0.2, 0) is 11.3 Å². The number of hydrogen-bond acceptors (Lipinski definition) is 4. The molecule has 0 amide bonds. The number of fused-ring (bicyclic) bond motifs is 1. The zero-order chi connectivity index (χ0) is 12.2. The second-order valence-electron chi connectivity index (χ2n) is 4.91. The summed E-state index contributed by atoms with van der Waals surface area (Å²) in [6.45, 7) is 3.03. The number of halogens is 1. The van der Waals surface area contributed by atoms with Gasteiger partial charge in [-0.05, 0) is 25.7 Å². The number of nitrogens with zero attached hydrogens (tertiary/aromatic N) is 3. The topological polar surface area (TPSA) is 70.2 Å². The molecule has 3 heterocycles. The van der Waals surface area contributed by atoms with Gasteiger partial charge in [0.15, 0.2) is 0 Å². The van der Waals surface area contributed by atoms with E-state index < -0.39 is 4.92 Å². The van der Waals surface area contributed by atoms with E-state index in [1.54, 1.807) is 11.6 Å². The zero-order valence-electron chi connectivity index (χ0n) is 9.35. The number of ether oxygens (including phenoxy) is 1. The van der Waals surface area contributed by atoms with Crippen molar-refractivity contribution in [2.45, 2.75) is 31.9 Å². The summed E-state index contributed by atoms with van der Waals surface area (Å²) in [5.74, 6) is 0.663. The minimum atomic E-state index is -0.488. The van der Waals surface area contributed by atoms with Crippen LogP contribution in [0.5, 0.6) is 0 Å². The molecule has 0 atom stereocenters. The smallest absolute Gasteiger partial charge is 0.328 e. The number of aromatic nitrogens is 2. The van der Waals surface area contributed by atoms with Crippen molar-refractivity contribution in [3.63, 3.8) is 0 Å². The van der Waals surface area contributed by atoms with Gasteiger partial charge in [0.1, 0.15) is 5.69 Å². The van der Waals surface area contributed by atoms with Gasteiger partial charge in [0.05, 0.1) is 23.7 Å². The predicted molar refractivity (Wildman–Crippen MR) is 60.0 cm³/mol. The molecule has 1 aromatic rings. The van der Waals surface area contributed by atoms with E-state index in [1.807, 2.05) is 0 Å². The maximum atomic E-state index is 10.8. The van der Waals surface area contributed by atoms with Gasteiger partial charge in [-0.25, -0.2) is 0 Å². The van der Waals surface area contributed by atoms with Crippen LogP contribution in [0.3, 0.4) is 0 Å². The van der Waals surface area contributed by atoms with E-state index >= 15 is 0 Å². The summed E-state index contributed by atoms with van der Waals surface area (Å²) in [5, 5.41) is 14.8. The molecule has 6 nitrogen and oxygen atoms in total. The lowest BCUT2D eigenvalue weighted by molar-refractivity contribution is -0.385. The monoisotopic (exact) mass is 257 g/mol. The van der Waals surface area contributed by atoms with Crippen molar-refractivity contribution in [2.75, 3.05) is 6.61 Å². The van der Waals surface area contributed by atoms with E-state index in [0.717, 1.165) is 19.4 Å². The van der Waals surface area contributed by atoms with Crippen molar-refractivity contribution in [2.24, 2.45) is 5.92 Å². The van der Waals surface area contributed by atoms with Gasteiger partial charge >= 0.3 is 5.69 Å². The Morgan fingerprint density at radius 2 is 2.41 bits per heavy atom. The molecule has 1 saturated carbocycles. The van der Waals surface area contributed by atoms with Crippen molar-refractivity contribution in [3.05, 3.63) is 21.0 Å². The predicted octanol–water partition coefficient (Wildman–Crippen LogP) is 1.93. The van der Waals surface area contributed by atoms with E-state index in [2.05, 4.69) is 5.10 Å². The molecule has 92 valence electrons. The van der Waals surface area contributed by atoms with Crippen LogP contribution in [-0.4, -0.2) is 26.9 Å². The van der Waals surface area contributed by atoms with Gasteiger partial charge in [-0.3, -0.25) is 14.8 Å². The molecule has 17 heavy (non-hydrogen) atoms. The van der Waals surface area contributed by atoms with Gasteiger partial charge in [0.2, 0.25) is 5.15 Å². The average Bonchev–Trinajstić information content (AvgIpc) is 2.80. The first-order valence-corrected chi connectivity index (χ1v) is 5.90. The van der Waals surface area contributed by atoms with Crippen LogP contribution < -0.4 is 0 Å². The summed E-state index contributed by atoms with van der Waals surface area (Å²) < 4.78 is 7.31. The molecule has 0 N–H and O–H groups in total. The van der Waals surface area contributed by atoms with E-state index in [-0.39, 0.29) is 16.4 Å². The summed E-state index contributed by atoms with van der Waals surface area (Å²) in [5.41, 5.74) is 0.240. The quantitative estimate of drug-likeness (QED) is 0.613. The van der Waals surface area contributed by atoms with Crippen LogP contribution in [0, 0.1) is 23.0 Å². The Hall–Kier alpha value is -1.14. The highest BCUT2D eigenvalue weighted by atomic mass is 35.5. The van der Waals surface area contributed by atoms with Crippen molar-refractivity contribution in [3.8, 4) is 0 Å². The van der Waals surface area contributed by atoms with E-state index in [9.17, 15) is 10.1 Å². The maximum absolute atomic E-state index is 10.8. The average molecular weight is 258 g/mol. The van der Waals surface area contributed by atoms with Gasteiger partial charge in [-0.1, -0.05) is 11.6 Å². The summed E-state index contributed by atoms with van der Waals surface area (Å²) in [6, 6.07) is 0. The Morgan fingerprint density at radius 3 is 2.88 bits per heavy atom. The molecule has 0 spiro atoms. The van der Waals surface area contributed by atoms with Crippen LogP contribution >= 0.6 is 11.6 Å². The van der Waals surface area contributed by atoms with Crippen molar-refractivity contribution >= 4 is 17.3 Å². The summed E-state index contributed by atoms with van der Waals surface area (Å²) in [6.07, 6.45) is 2.05. The SMILES string of the molecule is Cc1c([N+](=O)[O-])c(Cl)nn1CC12CC(CO1)C2. The highest BCUT2D eigenvalue weighted by molar-refractivity contribution is 6.31. The van der Waals surface area contributed by atoms with Crippen molar-refractivity contribution < 1.29 is 9.66 Å². The lowest BCUT2D eigenvalue weighted by atomic mass is 9.74. The second kappa shape index (κ2) is 3.43. The lowest BCUT2D eigenvalue weighted by Crippen LogP contribution is -2.41. The molecule has 3 fully saturated rings. The molecular weight excluding hydrogens is 246 g/mol.